The minimum atomic E-state index is -1.50. The number of carboxylic acid groups (broad SMARTS) is 2. The molecule has 0 spiro atoms. The Morgan fingerprint density at radius 2 is 1.56 bits per heavy atom. The maximum Gasteiger partial charge on any atom is 0.322 e. The Kier molecular flexibility index (Phi) is 13.0. The number of guanidine groups is 1. The standard InChI is InChI=1S/C17H31N7O8/c1-8(25)13(16(32)22-7-12(28)29)24-15(31)10(3-2-6-21-17(19)20)23-14(30)9(18)4-5-11(26)27/h8-10,13,25H,2-7,18H2,1H3,(H,22,32)(H,23,30)(H,24,31)(H,26,27)(H,28,29)(H4,19,20,21). The van der Waals surface area contributed by atoms with Crippen LogP contribution in [0.3, 0.4) is 0 Å². The number of carbonyl (C=O) groups is 5. The number of aliphatic hydroxyl groups excluding tert-OH is 1. The largest absolute Gasteiger partial charge is 0.481 e. The summed E-state index contributed by atoms with van der Waals surface area (Å²) < 4.78 is 0. The van der Waals surface area contributed by atoms with Gasteiger partial charge >= 0.3 is 11.9 Å². The van der Waals surface area contributed by atoms with E-state index in [-0.39, 0.29) is 38.2 Å². The van der Waals surface area contributed by atoms with Gasteiger partial charge < -0.3 is 48.5 Å². The summed E-state index contributed by atoms with van der Waals surface area (Å²) in [6.07, 6.45) is -1.65. The Hall–Kier alpha value is -3.46. The lowest BCUT2D eigenvalue weighted by atomic mass is 10.1. The molecule has 12 N–H and O–H groups in total. The van der Waals surface area contributed by atoms with Crippen LogP contribution in [0.15, 0.2) is 4.99 Å². The molecule has 0 radical (unpaired) electrons. The van der Waals surface area contributed by atoms with Crippen molar-refractivity contribution in [2.45, 2.75) is 56.8 Å². The van der Waals surface area contributed by atoms with E-state index in [1.54, 1.807) is 0 Å². The third kappa shape index (κ3) is 12.3. The van der Waals surface area contributed by atoms with Crippen LogP contribution in [0.2, 0.25) is 0 Å². The van der Waals surface area contributed by atoms with Crippen molar-refractivity contribution in [1.82, 2.24) is 16.0 Å². The van der Waals surface area contributed by atoms with E-state index in [1.165, 1.54) is 6.92 Å². The van der Waals surface area contributed by atoms with E-state index in [0.717, 1.165) is 0 Å². The van der Waals surface area contributed by atoms with Gasteiger partial charge in [0.25, 0.3) is 0 Å². The van der Waals surface area contributed by atoms with Crippen molar-refractivity contribution in [3.8, 4) is 0 Å². The van der Waals surface area contributed by atoms with Crippen molar-refractivity contribution >= 4 is 35.6 Å². The second kappa shape index (κ2) is 14.5. The van der Waals surface area contributed by atoms with Crippen LogP contribution in [0.5, 0.6) is 0 Å². The smallest absolute Gasteiger partial charge is 0.322 e. The van der Waals surface area contributed by atoms with Crippen LogP contribution in [0.25, 0.3) is 0 Å². The summed E-state index contributed by atoms with van der Waals surface area (Å²) in [5.74, 6) is -5.24. The van der Waals surface area contributed by atoms with Gasteiger partial charge in [-0.1, -0.05) is 0 Å². The van der Waals surface area contributed by atoms with Crippen molar-refractivity contribution in [3.05, 3.63) is 0 Å². The molecule has 0 aliphatic heterocycles. The van der Waals surface area contributed by atoms with Gasteiger partial charge in [-0.05, 0) is 26.2 Å². The van der Waals surface area contributed by atoms with Crippen LogP contribution in [0.4, 0.5) is 0 Å². The van der Waals surface area contributed by atoms with E-state index in [1.807, 2.05) is 5.32 Å². The second-order valence-electron chi connectivity index (χ2n) is 6.89. The van der Waals surface area contributed by atoms with Crippen LogP contribution in [-0.4, -0.2) is 88.3 Å². The SMILES string of the molecule is CC(O)C(NC(=O)C(CCCN=C(N)N)NC(=O)C(N)CCC(=O)O)C(=O)NCC(=O)O. The van der Waals surface area contributed by atoms with Gasteiger partial charge in [-0.3, -0.25) is 29.0 Å². The lowest BCUT2D eigenvalue weighted by Crippen LogP contribution is -2.58. The number of nitrogens with one attached hydrogen (secondary N) is 3. The quantitative estimate of drug-likeness (QED) is 0.0640. The molecule has 0 aliphatic carbocycles. The molecule has 182 valence electrons. The third-order valence-corrected chi connectivity index (χ3v) is 4.06. The molecular weight excluding hydrogens is 430 g/mol. The molecule has 0 fully saturated rings. The van der Waals surface area contributed by atoms with Gasteiger partial charge in [0.2, 0.25) is 17.7 Å². The van der Waals surface area contributed by atoms with E-state index in [9.17, 15) is 29.1 Å². The number of hydrogen-bond donors (Lipinski definition) is 9. The molecule has 0 aromatic rings. The maximum atomic E-state index is 12.7. The van der Waals surface area contributed by atoms with Crippen molar-refractivity contribution < 1.29 is 39.3 Å². The Morgan fingerprint density at radius 3 is 2.06 bits per heavy atom. The molecule has 0 saturated carbocycles. The average Bonchev–Trinajstić information content (AvgIpc) is 2.69. The first-order valence-corrected chi connectivity index (χ1v) is 9.66. The van der Waals surface area contributed by atoms with Gasteiger partial charge in [0.15, 0.2) is 5.96 Å². The van der Waals surface area contributed by atoms with Crippen LogP contribution in [-0.2, 0) is 24.0 Å². The first-order chi connectivity index (χ1) is 14.8. The average molecular weight is 461 g/mol. The second-order valence-corrected chi connectivity index (χ2v) is 6.89. The maximum absolute atomic E-state index is 12.7. The zero-order valence-electron chi connectivity index (χ0n) is 17.6. The fourth-order valence-corrected chi connectivity index (χ4v) is 2.39. The number of aliphatic hydroxyl groups is 1. The predicted octanol–water partition coefficient (Wildman–Crippen LogP) is -4.22. The highest BCUT2D eigenvalue weighted by atomic mass is 16.4. The molecule has 0 aromatic heterocycles. The van der Waals surface area contributed by atoms with Gasteiger partial charge in [-0.15, -0.1) is 0 Å². The molecule has 0 rings (SSSR count). The molecule has 32 heavy (non-hydrogen) atoms. The van der Waals surface area contributed by atoms with Crippen molar-refractivity contribution in [1.29, 1.82) is 0 Å². The van der Waals surface area contributed by atoms with Crippen LogP contribution >= 0.6 is 0 Å². The van der Waals surface area contributed by atoms with Crippen LogP contribution < -0.4 is 33.2 Å². The number of aliphatic imine (C=N–C) groups is 1. The lowest BCUT2D eigenvalue weighted by Gasteiger charge is -2.25. The number of carbonyl (C=O) groups excluding carboxylic acids is 3. The number of nitrogens with zero attached hydrogens (tertiary/aromatic N) is 1. The number of nitrogens with two attached hydrogens (primary N) is 3. The normalized spacial score (nSPS) is 14.2. The Bertz CT molecular complexity index is 709. The molecule has 15 heteroatoms. The Labute approximate surface area is 183 Å². The molecule has 0 aromatic carbocycles. The van der Waals surface area contributed by atoms with Crippen LogP contribution in [0.1, 0.15) is 32.6 Å². The number of rotatable bonds is 15. The highest BCUT2D eigenvalue weighted by molar-refractivity contribution is 5.94. The van der Waals surface area contributed by atoms with E-state index >= 15 is 0 Å². The third-order valence-electron chi connectivity index (χ3n) is 4.06. The highest BCUT2D eigenvalue weighted by Crippen LogP contribution is 2.04. The first kappa shape index (κ1) is 28.5. The molecule has 15 nitrogen and oxygen atoms in total. The summed E-state index contributed by atoms with van der Waals surface area (Å²) in [6.45, 7) is 0.612. The summed E-state index contributed by atoms with van der Waals surface area (Å²) >= 11 is 0. The zero-order valence-corrected chi connectivity index (χ0v) is 17.6. The van der Waals surface area contributed by atoms with Crippen molar-refractivity contribution in [3.63, 3.8) is 0 Å². The van der Waals surface area contributed by atoms with Crippen molar-refractivity contribution in [2.24, 2.45) is 22.2 Å². The first-order valence-electron chi connectivity index (χ1n) is 9.66. The Morgan fingerprint density at radius 1 is 0.938 bits per heavy atom. The van der Waals surface area contributed by atoms with Gasteiger partial charge in [-0.25, -0.2) is 0 Å². The molecule has 0 aliphatic rings. The Balaban J connectivity index is 5.29. The minimum Gasteiger partial charge on any atom is -0.481 e. The van der Waals surface area contributed by atoms with E-state index in [4.69, 9.17) is 27.4 Å². The van der Waals surface area contributed by atoms with Gasteiger partial charge in [0.05, 0.1) is 12.1 Å². The highest BCUT2D eigenvalue weighted by Gasteiger charge is 2.30. The summed E-state index contributed by atoms with van der Waals surface area (Å²) in [7, 11) is 0. The topological polar surface area (TPSA) is 273 Å². The molecule has 0 bridgehead atoms. The number of carboxylic acids is 2. The zero-order chi connectivity index (χ0) is 24.8. The summed E-state index contributed by atoms with van der Waals surface area (Å²) in [6, 6.07) is -3.92. The summed E-state index contributed by atoms with van der Waals surface area (Å²) in [4.78, 5) is 62.1. The number of hydrogen-bond acceptors (Lipinski definition) is 8. The predicted molar refractivity (Wildman–Crippen MR) is 111 cm³/mol. The summed E-state index contributed by atoms with van der Waals surface area (Å²) in [5.41, 5.74) is 16.1. The molecule has 0 saturated heterocycles. The molecule has 4 unspecified atom stereocenters. The van der Waals surface area contributed by atoms with Crippen molar-refractivity contribution in [2.75, 3.05) is 13.1 Å². The number of amides is 3. The minimum absolute atomic E-state index is 0.0171. The fourth-order valence-electron chi connectivity index (χ4n) is 2.39. The molecule has 0 heterocycles. The number of aliphatic carboxylic acids is 2. The van der Waals surface area contributed by atoms with Gasteiger partial charge in [0.1, 0.15) is 18.6 Å². The van der Waals surface area contributed by atoms with Gasteiger partial charge in [0, 0.05) is 13.0 Å². The van der Waals surface area contributed by atoms with Gasteiger partial charge in [-0.2, -0.15) is 0 Å². The summed E-state index contributed by atoms with van der Waals surface area (Å²) in [5, 5.41) is 33.8. The van der Waals surface area contributed by atoms with E-state index in [0.29, 0.717) is 0 Å². The lowest BCUT2D eigenvalue weighted by molar-refractivity contribution is -0.139. The monoisotopic (exact) mass is 461 g/mol. The van der Waals surface area contributed by atoms with E-state index in [2.05, 4.69) is 15.6 Å². The van der Waals surface area contributed by atoms with Crippen LogP contribution in [0, 0.1) is 0 Å². The molecule has 4 atom stereocenters. The fraction of sp³-hybridized carbons (Fsp3) is 0.647. The van der Waals surface area contributed by atoms with E-state index < -0.39 is 60.4 Å². The molecular formula is C17H31N7O8. The molecule has 3 amide bonds.